The summed E-state index contributed by atoms with van der Waals surface area (Å²) in [6.07, 6.45) is 0.316. The fourth-order valence-corrected chi connectivity index (χ4v) is 2.26. The number of aromatic hydroxyl groups is 1. The van der Waals surface area contributed by atoms with Crippen LogP contribution in [-0.4, -0.2) is 50.9 Å². The lowest BCUT2D eigenvalue weighted by molar-refractivity contribution is -0.152. The molecule has 1 heterocycles. The van der Waals surface area contributed by atoms with Crippen molar-refractivity contribution < 1.29 is 53.6 Å². The van der Waals surface area contributed by atoms with Gasteiger partial charge in [-0.3, -0.25) is 24.0 Å². The number of aryl methyl sites for hydroxylation is 2. The third-order valence-corrected chi connectivity index (χ3v) is 4.28. The summed E-state index contributed by atoms with van der Waals surface area (Å²) in [5, 5.41) is 25.1. The van der Waals surface area contributed by atoms with Gasteiger partial charge in [-0.1, -0.05) is 35.4 Å². The minimum atomic E-state index is -1.00. The number of phenolic OH excluding ortho intramolecular Hbond substituents is 1. The number of carboxylic acids is 2. The van der Waals surface area contributed by atoms with Crippen molar-refractivity contribution >= 4 is 35.6 Å². The van der Waals surface area contributed by atoms with Crippen molar-refractivity contribution in [3.8, 4) is 11.5 Å². The van der Waals surface area contributed by atoms with Crippen molar-refractivity contribution in [2.75, 3.05) is 0 Å². The first-order valence-corrected chi connectivity index (χ1v) is 11.5. The number of hydrogen-bond donors (Lipinski definition) is 3. The second kappa shape index (κ2) is 18.7. The van der Waals surface area contributed by atoms with Gasteiger partial charge in [0.25, 0.3) is 0 Å². The zero-order valence-corrected chi connectivity index (χ0v) is 21.5. The topological polar surface area (TPSA) is 182 Å². The number of carbonyl (C=O) groups is 6. The molecular formula is C27H32O11. The van der Waals surface area contributed by atoms with Crippen LogP contribution in [0.3, 0.4) is 0 Å². The summed E-state index contributed by atoms with van der Waals surface area (Å²) >= 11 is 0. The number of Topliss-reactive ketones (excluding diaryl/α,β-unsaturated/α-hetero) is 1. The minimum absolute atomic E-state index is 0.0463. The molecule has 0 amide bonds. The molecule has 0 radical (unpaired) electrons. The number of ketones is 1. The lowest BCUT2D eigenvalue weighted by Gasteiger charge is -2.02. The molecule has 2 aromatic carbocycles. The minimum Gasteiger partial charge on any atom is -0.508 e. The molecule has 38 heavy (non-hydrogen) atoms. The van der Waals surface area contributed by atoms with E-state index in [1.165, 1.54) is 12.5 Å². The Morgan fingerprint density at radius 3 is 1.47 bits per heavy atom. The van der Waals surface area contributed by atoms with E-state index in [9.17, 15) is 28.8 Å². The standard InChI is InChI=1S/C11H12O4.C7H8O.C5H8O3.C4H4O3/c1-8-2-4-9(5-3-8)15-11(14)7-6-10(12)13;1-6-2-4-7(8)5-3-6;1-4(6)2-3-5(7)8;5-3-1-2-4(6)7-3/h2-5H,6-7H2,1H3,(H,12,13);2-5,8H,1H3;2-3H2,1H3,(H,7,8);1-2H2. The van der Waals surface area contributed by atoms with E-state index in [0.717, 1.165) is 5.56 Å². The number of rotatable bonds is 7. The summed E-state index contributed by atoms with van der Waals surface area (Å²) < 4.78 is 9.00. The van der Waals surface area contributed by atoms with Crippen LogP contribution in [-0.2, 0) is 33.5 Å². The van der Waals surface area contributed by atoms with Gasteiger partial charge in [0.1, 0.15) is 17.3 Å². The zero-order valence-electron chi connectivity index (χ0n) is 21.5. The fourth-order valence-electron chi connectivity index (χ4n) is 2.26. The van der Waals surface area contributed by atoms with Crippen molar-refractivity contribution in [2.45, 2.75) is 59.3 Å². The lowest BCUT2D eigenvalue weighted by atomic mass is 10.2. The van der Waals surface area contributed by atoms with E-state index in [1.54, 1.807) is 24.3 Å². The molecule has 0 aromatic heterocycles. The van der Waals surface area contributed by atoms with Gasteiger partial charge in [0.2, 0.25) is 0 Å². The second-order valence-electron chi connectivity index (χ2n) is 7.96. The Balaban J connectivity index is 0.000000510. The van der Waals surface area contributed by atoms with E-state index >= 15 is 0 Å². The first-order valence-electron chi connectivity index (χ1n) is 11.5. The Morgan fingerprint density at radius 2 is 1.16 bits per heavy atom. The number of ether oxygens (including phenoxy) is 2. The average molecular weight is 533 g/mol. The van der Waals surface area contributed by atoms with Crippen LogP contribution in [0, 0.1) is 13.8 Å². The first kappa shape index (κ1) is 33.5. The van der Waals surface area contributed by atoms with Crippen LogP contribution in [0.5, 0.6) is 11.5 Å². The molecular weight excluding hydrogens is 500 g/mol. The van der Waals surface area contributed by atoms with Crippen LogP contribution in [0.4, 0.5) is 0 Å². The van der Waals surface area contributed by atoms with Crippen LogP contribution >= 0.6 is 0 Å². The van der Waals surface area contributed by atoms with Crippen LogP contribution in [0.25, 0.3) is 0 Å². The predicted molar refractivity (Wildman–Crippen MR) is 134 cm³/mol. The molecule has 11 heteroatoms. The maximum Gasteiger partial charge on any atom is 0.314 e. The number of carbonyl (C=O) groups excluding carboxylic acids is 4. The van der Waals surface area contributed by atoms with Crippen LogP contribution < -0.4 is 4.74 Å². The van der Waals surface area contributed by atoms with Gasteiger partial charge in [0.15, 0.2) is 0 Å². The molecule has 0 bridgehead atoms. The maximum absolute atomic E-state index is 11.1. The molecule has 2 aromatic rings. The molecule has 1 aliphatic heterocycles. The molecule has 0 atom stereocenters. The molecule has 11 nitrogen and oxygen atoms in total. The summed E-state index contributed by atoms with van der Waals surface area (Å²) in [5.41, 5.74) is 2.24. The van der Waals surface area contributed by atoms with Crippen molar-refractivity contribution in [2.24, 2.45) is 0 Å². The van der Waals surface area contributed by atoms with E-state index in [2.05, 4.69) is 4.74 Å². The number of carboxylic acid groups (broad SMARTS) is 2. The van der Waals surface area contributed by atoms with Gasteiger partial charge >= 0.3 is 29.8 Å². The number of cyclic esters (lactones) is 2. The molecule has 1 fully saturated rings. The third kappa shape index (κ3) is 19.7. The van der Waals surface area contributed by atoms with Crippen molar-refractivity contribution in [3.05, 3.63) is 59.7 Å². The number of hydrogen-bond acceptors (Lipinski definition) is 9. The quantitative estimate of drug-likeness (QED) is 0.268. The highest BCUT2D eigenvalue weighted by Gasteiger charge is 2.19. The highest BCUT2D eigenvalue weighted by atomic mass is 16.6. The molecule has 3 N–H and O–H groups in total. The van der Waals surface area contributed by atoms with Gasteiger partial charge in [0.05, 0.1) is 32.1 Å². The van der Waals surface area contributed by atoms with Gasteiger partial charge in [-0.15, -0.1) is 0 Å². The van der Waals surface area contributed by atoms with E-state index in [-0.39, 0.29) is 44.3 Å². The lowest BCUT2D eigenvalue weighted by Crippen LogP contribution is -2.10. The molecule has 1 aliphatic rings. The Bertz CT molecular complexity index is 1020. The Hall–Kier alpha value is -4.54. The van der Waals surface area contributed by atoms with Crippen molar-refractivity contribution in [1.29, 1.82) is 0 Å². The van der Waals surface area contributed by atoms with Crippen LogP contribution in [0.2, 0.25) is 0 Å². The summed E-state index contributed by atoms with van der Waals surface area (Å²) in [4.78, 5) is 61.2. The molecule has 1 saturated heterocycles. The SMILES string of the molecule is CC(=O)CCC(=O)O.Cc1ccc(O)cc1.Cc1ccc(OC(=O)CCC(=O)O)cc1.O=C1CCC(=O)O1. The first-order chi connectivity index (χ1) is 17.8. The highest BCUT2D eigenvalue weighted by molar-refractivity contribution is 5.92. The summed E-state index contributed by atoms with van der Waals surface area (Å²) in [5.74, 6) is -2.55. The van der Waals surface area contributed by atoms with Gasteiger partial charge in [-0.2, -0.15) is 0 Å². The number of benzene rings is 2. The molecule has 0 unspecified atom stereocenters. The Morgan fingerprint density at radius 1 is 0.737 bits per heavy atom. The predicted octanol–water partition coefficient (Wildman–Crippen LogP) is 3.76. The molecule has 206 valence electrons. The Kier molecular flexibility index (Phi) is 16.5. The molecule has 0 spiro atoms. The van der Waals surface area contributed by atoms with E-state index in [4.69, 9.17) is 20.1 Å². The van der Waals surface area contributed by atoms with Gasteiger partial charge in [-0.05, 0) is 45.0 Å². The van der Waals surface area contributed by atoms with Gasteiger partial charge < -0.3 is 29.6 Å². The Labute approximate surface area is 220 Å². The van der Waals surface area contributed by atoms with E-state index in [1.807, 2.05) is 38.1 Å². The summed E-state index contributed by atoms with van der Waals surface area (Å²) in [6.45, 7) is 5.29. The summed E-state index contributed by atoms with van der Waals surface area (Å²) in [6, 6.07) is 14.1. The highest BCUT2D eigenvalue weighted by Crippen LogP contribution is 2.12. The number of aliphatic carboxylic acids is 2. The third-order valence-electron chi connectivity index (χ3n) is 4.28. The van der Waals surface area contributed by atoms with E-state index < -0.39 is 29.8 Å². The molecule has 3 rings (SSSR count). The van der Waals surface area contributed by atoms with Gasteiger partial charge in [-0.25, -0.2) is 0 Å². The number of esters is 3. The van der Waals surface area contributed by atoms with Gasteiger partial charge in [0, 0.05) is 6.42 Å². The second-order valence-corrected chi connectivity index (χ2v) is 7.96. The zero-order chi connectivity index (χ0) is 29.1. The number of phenols is 1. The monoisotopic (exact) mass is 532 g/mol. The normalized spacial score (nSPS) is 11.2. The van der Waals surface area contributed by atoms with Crippen LogP contribution in [0.1, 0.15) is 56.6 Å². The largest absolute Gasteiger partial charge is 0.508 e. The average Bonchev–Trinajstić information content (AvgIpc) is 3.23. The fraction of sp³-hybridized carbons (Fsp3) is 0.333. The van der Waals surface area contributed by atoms with E-state index in [0.29, 0.717) is 11.5 Å². The van der Waals surface area contributed by atoms with Crippen molar-refractivity contribution in [3.63, 3.8) is 0 Å². The maximum atomic E-state index is 11.1. The molecule has 0 aliphatic carbocycles. The van der Waals surface area contributed by atoms with Crippen molar-refractivity contribution in [1.82, 2.24) is 0 Å². The van der Waals surface area contributed by atoms with Crippen LogP contribution in [0.15, 0.2) is 48.5 Å². The smallest absolute Gasteiger partial charge is 0.314 e. The molecule has 0 saturated carbocycles. The summed E-state index contributed by atoms with van der Waals surface area (Å²) in [7, 11) is 0.